The van der Waals surface area contributed by atoms with Gasteiger partial charge in [-0.15, -0.1) is 23.2 Å². The van der Waals surface area contributed by atoms with Gasteiger partial charge >= 0.3 is 18.3 Å². The summed E-state index contributed by atoms with van der Waals surface area (Å²) in [5.41, 5.74) is 13.3. The lowest BCUT2D eigenvalue weighted by atomic mass is 10.2. The van der Waals surface area contributed by atoms with Gasteiger partial charge in [0, 0.05) is 19.5 Å². The van der Waals surface area contributed by atoms with E-state index in [1.165, 1.54) is 0 Å². The Labute approximate surface area is 209 Å². The zero-order valence-corrected chi connectivity index (χ0v) is 23.1. The average Bonchev–Trinajstić information content (AvgIpc) is 2.56. The van der Waals surface area contributed by atoms with Gasteiger partial charge in [-0.25, -0.2) is 9.59 Å². The lowest BCUT2D eigenvalue weighted by Gasteiger charge is -2.20. The minimum Gasteiger partial charge on any atom is -0.460 e. The Morgan fingerprint density at radius 3 is 1.15 bits per heavy atom. The number of halogens is 2. The van der Waals surface area contributed by atoms with Crippen LogP contribution in [-0.2, 0) is 23.7 Å². The number of hydrogen-bond donors (Lipinski definition) is 3. The van der Waals surface area contributed by atoms with Crippen LogP contribution in [0.5, 0.6) is 0 Å². The Morgan fingerprint density at radius 1 is 0.636 bits per heavy atom. The van der Waals surface area contributed by atoms with Crippen molar-refractivity contribution < 1.29 is 33.3 Å². The van der Waals surface area contributed by atoms with Crippen LogP contribution in [0.1, 0.15) is 75.2 Å². The van der Waals surface area contributed by atoms with Crippen molar-refractivity contribution in [1.29, 1.82) is 0 Å². The number of esters is 1. The fraction of sp³-hybridized carbons (Fsp3) is 0.857. The first-order chi connectivity index (χ1) is 14.8. The molecule has 0 aliphatic carbocycles. The highest BCUT2D eigenvalue weighted by atomic mass is 35.5. The topological polar surface area (TPSA) is 166 Å². The van der Waals surface area contributed by atoms with Crippen molar-refractivity contribution in [3.05, 3.63) is 0 Å². The number of alkyl halides is 2. The molecule has 0 bridgehead atoms. The van der Waals surface area contributed by atoms with E-state index in [4.69, 9.17) is 54.6 Å². The van der Waals surface area contributed by atoms with Gasteiger partial charge in [-0.2, -0.15) is 0 Å². The van der Waals surface area contributed by atoms with Gasteiger partial charge in [0.2, 0.25) is 0 Å². The summed E-state index contributed by atoms with van der Waals surface area (Å²) in [6.45, 7) is 17.3. The van der Waals surface area contributed by atoms with E-state index < -0.39 is 23.5 Å². The van der Waals surface area contributed by atoms with Crippen LogP contribution in [-0.4, -0.2) is 60.1 Å². The Kier molecular flexibility index (Phi) is 25.0. The summed E-state index contributed by atoms with van der Waals surface area (Å²) in [6.07, 6.45) is -0.989. The summed E-state index contributed by atoms with van der Waals surface area (Å²) in [5, 5.41) is 0.194. The molecule has 0 radical (unpaired) electrons. The number of nitrogens with two attached hydrogens (primary N) is 3. The number of ether oxygens (including phenoxy) is 4. The van der Waals surface area contributed by atoms with Crippen molar-refractivity contribution in [3.63, 3.8) is 0 Å². The molecule has 0 fully saturated rings. The smallest absolute Gasteiger partial charge is 0.460 e. The molecule has 0 spiro atoms. The minimum atomic E-state index is -1.06. The molecule has 0 unspecified atom stereocenters. The summed E-state index contributed by atoms with van der Waals surface area (Å²) >= 11 is 9.53. The van der Waals surface area contributed by atoms with E-state index >= 15 is 0 Å². The van der Waals surface area contributed by atoms with Crippen molar-refractivity contribution in [2.24, 2.45) is 17.2 Å². The van der Waals surface area contributed by atoms with Gasteiger partial charge in [0.25, 0.3) is 0 Å². The molecule has 0 rings (SSSR count). The third kappa shape index (κ3) is 49.1. The van der Waals surface area contributed by atoms with Crippen LogP contribution in [0.4, 0.5) is 9.59 Å². The molecule has 0 amide bonds. The van der Waals surface area contributed by atoms with Crippen molar-refractivity contribution in [1.82, 2.24) is 0 Å². The fourth-order valence-corrected chi connectivity index (χ4v) is 1.25. The van der Waals surface area contributed by atoms with E-state index in [2.05, 4.69) is 4.74 Å². The largest absolute Gasteiger partial charge is 0.519 e. The van der Waals surface area contributed by atoms with Gasteiger partial charge in [-0.1, -0.05) is 0 Å². The van der Waals surface area contributed by atoms with E-state index in [1.54, 1.807) is 41.5 Å². The van der Waals surface area contributed by atoms with Gasteiger partial charge in [0.05, 0.1) is 5.34 Å². The zero-order valence-electron chi connectivity index (χ0n) is 21.6. The lowest BCUT2D eigenvalue weighted by molar-refractivity contribution is -0.154. The Morgan fingerprint density at radius 2 is 0.939 bits per heavy atom. The average molecular weight is 523 g/mol. The van der Waals surface area contributed by atoms with Crippen LogP contribution < -0.4 is 17.2 Å². The molecule has 200 valence electrons. The van der Waals surface area contributed by atoms with E-state index in [0.717, 1.165) is 0 Å². The van der Waals surface area contributed by atoms with E-state index in [0.29, 0.717) is 32.5 Å². The molecule has 0 aromatic rings. The highest BCUT2D eigenvalue weighted by Crippen LogP contribution is 2.11. The molecule has 12 heteroatoms. The van der Waals surface area contributed by atoms with E-state index in [1.807, 2.05) is 20.8 Å². The normalized spacial score (nSPS) is 10.6. The Bertz CT molecular complexity index is 487. The van der Waals surface area contributed by atoms with Gasteiger partial charge < -0.3 is 36.1 Å². The predicted molar refractivity (Wildman–Crippen MR) is 132 cm³/mol. The quantitative estimate of drug-likeness (QED) is 0.210. The molecule has 6 N–H and O–H groups in total. The molecular formula is C21H45Cl2N3O7. The van der Waals surface area contributed by atoms with Crippen molar-refractivity contribution in [3.8, 4) is 0 Å². The minimum absolute atomic E-state index is 0.164. The van der Waals surface area contributed by atoms with Crippen LogP contribution in [0.25, 0.3) is 0 Å². The maximum atomic E-state index is 11.0. The molecular weight excluding hydrogens is 477 g/mol. The first-order valence-electron chi connectivity index (χ1n) is 10.4. The van der Waals surface area contributed by atoms with Gasteiger partial charge in [-0.05, 0) is 75.3 Å². The monoisotopic (exact) mass is 521 g/mol. The fourth-order valence-electron chi connectivity index (χ4n) is 1.25. The predicted octanol–water partition coefficient (Wildman–Crippen LogP) is 4.27. The van der Waals surface area contributed by atoms with Crippen LogP contribution in [0, 0.1) is 0 Å². The molecule has 0 aromatic carbocycles. The van der Waals surface area contributed by atoms with Gasteiger partial charge in [0.15, 0.2) is 0 Å². The van der Waals surface area contributed by atoms with Crippen molar-refractivity contribution in [2.45, 2.75) is 92.0 Å². The summed E-state index contributed by atoms with van der Waals surface area (Å²) < 4.78 is 18.8. The number of rotatable bonds is 4. The molecule has 0 saturated heterocycles. The maximum absolute atomic E-state index is 11.0. The number of carbonyl (C=O) groups excluding carboxylic acids is 3. The standard InChI is InChI=1S/C10H18O5.C8H17NO2.C2H8N2.CH2Cl2/c1-9(2,3)14-7(11)13-8(12)15-10(4,5)6;1-8(2,3)11-7(10)5-4-6-9;3-1-2-4;2-1-3/h1-6H3;4-6,9H2,1-3H3;1-4H2;1H2. The summed E-state index contributed by atoms with van der Waals surface area (Å²) in [7, 11) is 0. The Balaban J connectivity index is -0.000000203. The summed E-state index contributed by atoms with van der Waals surface area (Å²) in [4.78, 5) is 33.0. The molecule has 0 aliphatic rings. The first-order valence-corrected chi connectivity index (χ1v) is 11.4. The summed E-state index contributed by atoms with van der Waals surface area (Å²) in [6, 6.07) is 0. The van der Waals surface area contributed by atoms with Crippen molar-refractivity contribution >= 4 is 41.5 Å². The van der Waals surface area contributed by atoms with E-state index in [9.17, 15) is 14.4 Å². The zero-order chi connectivity index (χ0) is 27.3. The molecule has 0 heterocycles. The van der Waals surface area contributed by atoms with Crippen LogP contribution in [0.2, 0.25) is 0 Å². The second kappa shape index (κ2) is 21.2. The number of hydrogen-bond acceptors (Lipinski definition) is 10. The third-order valence-corrected chi connectivity index (χ3v) is 2.12. The molecule has 0 atom stereocenters. The summed E-state index contributed by atoms with van der Waals surface area (Å²) in [5.74, 6) is -0.164. The molecule has 10 nitrogen and oxygen atoms in total. The van der Waals surface area contributed by atoms with Crippen LogP contribution in [0.15, 0.2) is 0 Å². The van der Waals surface area contributed by atoms with E-state index in [-0.39, 0.29) is 16.9 Å². The second-order valence-corrected chi connectivity index (χ2v) is 10.00. The molecule has 33 heavy (non-hydrogen) atoms. The van der Waals surface area contributed by atoms with Gasteiger partial charge in [0.1, 0.15) is 16.8 Å². The lowest BCUT2D eigenvalue weighted by Crippen LogP contribution is -2.29. The van der Waals surface area contributed by atoms with Crippen molar-refractivity contribution in [2.75, 3.05) is 25.0 Å². The highest BCUT2D eigenvalue weighted by molar-refractivity contribution is 6.40. The number of carbonyl (C=O) groups is 3. The molecule has 0 aliphatic heterocycles. The van der Waals surface area contributed by atoms with Crippen LogP contribution >= 0.6 is 23.2 Å². The molecule has 0 saturated carbocycles. The van der Waals surface area contributed by atoms with Gasteiger partial charge in [-0.3, -0.25) is 4.79 Å². The highest BCUT2D eigenvalue weighted by Gasteiger charge is 2.24. The third-order valence-electron chi connectivity index (χ3n) is 2.12. The SMILES string of the molecule is CC(C)(C)OC(=O)CCCN.CC(C)(C)OC(=O)OC(=O)OC(C)(C)C.ClCCl.NCCN. The first kappa shape index (κ1) is 38.9. The maximum Gasteiger partial charge on any atom is 0.519 e. The second-order valence-electron chi connectivity index (χ2n) is 9.19. The molecule has 0 aromatic heterocycles. The van der Waals surface area contributed by atoms with Crippen LogP contribution in [0.3, 0.4) is 0 Å². The Hall–Kier alpha value is -1.33.